The number of nitrogens with zero attached hydrogens (tertiary/aromatic N) is 1. The second-order valence-electron chi connectivity index (χ2n) is 17.3. The maximum absolute atomic E-state index is 12.7. The summed E-state index contributed by atoms with van der Waals surface area (Å²) in [7, 11) is 0. The van der Waals surface area contributed by atoms with Gasteiger partial charge in [0.05, 0.1) is 36.7 Å². The minimum absolute atomic E-state index is 0.107. The van der Waals surface area contributed by atoms with Gasteiger partial charge in [0, 0.05) is 23.2 Å². The number of carboxylic acid groups (broad SMARTS) is 1. The second kappa shape index (κ2) is 9.82. The minimum atomic E-state index is -1.16. The predicted molar refractivity (Wildman–Crippen MR) is 162 cm³/mol. The summed E-state index contributed by atoms with van der Waals surface area (Å²) < 4.78 is 12.5. The monoisotopic (exact) mass is 581 g/mol. The van der Waals surface area contributed by atoms with E-state index in [9.17, 15) is 20.0 Å². The zero-order valence-electron chi connectivity index (χ0n) is 27.5. The van der Waals surface area contributed by atoms with Crippen molar-refractivity contribution in [2.75, 3.05) is 13.2 Å². The number of carbonyl (C=O) groups excluding carboxylic acids is 1. The highest BCUT2D eigenvalue weighted by Crippen LogP contribution is 2.78. The van der Waals surface area contributed by atoms with Gasteiger partial charge in [-0.25, -0.2) is 0 Å². The Hall–Kier alpha value is -1.87. The average Bonchev–Trinajstić information content (AvgIpc) is 3.41. The lowest BCUT2D eigenvalue weighted by atomic mass is 9.33. The fourth-order valence-electron chi connectivity index (χ4n) is 12.0. The van der Waals surface area contributed by atoms with Crippen LogP contribution in [0, 0.1) is 67.5 Å². The summed E-state index contributed by atoms with van der Waals surface area (Å²) >= 11 is 0. The van der Waals surface area contributed by atoms with Crippen molar-refractivity contribution < 1.29 is 24.2 Å². The van der Waals surface area contributed by atoms with E-state index in [1.54, 1.807) is 13.8 Å². The van der Waals surface area contributed by atoms with Crippen LogP contribution in [-0.2, 0) is 19.1 Å². The van der Waals surface area contributed by atoms with Gasteiger partial charge in [0.1, 0.15) is 0 Å². The normalized spacial score (nSPS) is 44.4. The Morgan fingerprint density at radius 3 is 2.26 bits per heavy atom. The Labute approximate surface area is 254 Å². The maximum atomic E-state index is 12.7. The van der Waals surface area contributed by atoms with Gasteiger partial charge in [0.2, 0.25) is 0 Å². The van der Waals surface area contributed by atoms with E-state index < -0.39 is 17.4 Å². The van der Waals surface area contributed by atoms with Crippen LogP contribution >= 0.6 is 0 Å². The van der Waals surface area contributed by atoms with Gasteiger partial charge in [-0.05, 0) is 112 Å². The highest BCUT2D eigenvalue weighted by atomic mass is 16.5. The Morgan fingerprint density at radius 1 is 1.02 bits per heavy atom. The number of aliphatic carboxylic acids is 1. The van der Waals surface area contributed by atoms with E-state index in [1.165, 1.54) is 31.3 Å². The fraction of sp³-hybridized carbons (Fsp3) is 0.861. The molecule has 5 rings (SSSR count). The van der Waals surface area contributed by atoms with E-state index in [2.05, 4.69) is 54.2 Å². The van der Waals surface area contributed by atoms with E-state index in [0.717, 1.165) is 32.3 Å². The van der Waals surface area contributed by atoms with Crippen molar-refractivity contribution in [1.29, 1.82) is 5.26 Å². The third-order valence-electron chi connectivity index (χ3n) is 14.4. The molecule has 0 spiro atoms. The smallest absolute Gasteiger partial charge is 0.309 e. The molecule has 2 bridgehead atoms. The first kappa shape index (κ1) is 31.6. The van der Waals surface area contributed by atoms with Crippen molar-refractivity contribution in [3.8, 4) is 6.07 Å². The molecule has 6 unspecified atom stereocenters. The number of rotatable bonds is 8. The van der Waals surface area contributed by atoms with Crippen molar-refractivity contribution in [2.45, 2.75) is 125 Å². The molecular weight excluding hydrogens is 526 g/mol. The molecule has 5 fully saturated rings. The van der Waals surface area contributed by atoms with Crippen LogP contribution in [0.1, 0.15) is 120 Å². The van der Waals surface area contributed by atoms with E-state index in [0.29, 0.717) is 29.6 Å². The number of esters is 1. The van der Waals surface area contributed by atoms with Crippen LogP contribution in [0.15, 0.2) is 12.2 Å². The highest BCUT2D eigenvalue weighted by molar-refractivity contribution is 5.81. The molecule has 4 saturated carbocycles. The largest absolute Gasteiger partial charge is 0.481 e. The molecule has 1 aliphatic heterocycles. The van der Waals surface area contributed by atoms with Crippen molar-refractivity contribution in [1.82, 2.24) is 0 Å². The maximum Gasteiger partial charge on any atom is 0.309 e. The molecule has 0 radical (unpaired) electrons. The van der Waals surface area contributed by atoms with Crippen molar-refractivity contribution >= 4 is 11.9 Å². The molecule has 4 aliphatic carbocycles. The van der Waals surface area contributed by atoms with Crippen LogP contribution in [-0.4, -0.2) is 35.9 Å². The van der Waals surface area contributed by atoms with Crippen molar-refractivity contribution in [3.63, 3.8) is 0 Å². The summed E-state index contributed by atoms with van der Waals surface area (Å²) in [6.07, 6.45) is 9.58. The molecule has 1 heterocycles. The van der Waals surface area contributed by atoms with E-state index >= 15 is 0 Å². The van der Waals surface area contributed by atoms with Crippen LogP contribution < -0.4 is 0 Å². The molecule has 1 saturated heterocycles. The predicted octanol–water partition coefficient (Wildman–Crippen LogP) is 7.96. The fourth-order valence-corrected chi connectivity index (χ4v) is 12.0. The van der Waals surface area contributed by atoms with Gasteiger partial charge < -0.3 is 14.6 Å². The quantitative estimate of drug-likeness (QED) is 0.231. The Bertz CT molecular complexity index is 1190. The number of hydrogen-bond donors (Lipinski definition) is 1. The number of carboxylic acids is 1. The van der Waals surface area contributed by atoms with Crippen molar-refractivity contribution in [3.05, 3.63) is 12.2 Å². The Kier molecular flexibility index (Phi) is 7.37. The molecule has 234 valence electrons. The van der Waals surface area contributed by atoms with Gasteiger partial charge in [-0.3, -0.25) is 9.59 Å². The first-order valence-electron chi connectivity index (χ1n) is 16.4. The lowest BCUT2D eigenvalue weighted by Gasteiger charge is -2.71. The molecule has 6 heteroatoms. The van der Waals surface area contributed by atoms with Gasteiger partial charge in [-0.1, -0.05) is 41.2 Å². The summed E-state index contributed by atoms with van der Waals surface area (Å²) in [6, 6.07) is 2.60. The van der Waals surface area contributed by atoms with Gasteiger partial charge in [0.25, 0.3) is 0 Å². The Balaban J connectivity index is 1.42. The lowest BCUT2D eigenvalue weighted by molar-refractivity contribution is -0.226. The molecule has 0 aromatic heterocycles. The number of hydrogen-bond acceptors (Lipinski definition) is 5. The molecule has 9 atom stereocenters. The summed E-state index contributed by atoms with van der Waals surface area (Å²) in [6.45, 7) is 22.7. The van der Waals surface area contributed by atoms with Crippen LogP contribution in [0.4, 0.5) is 0 Å². The van der Waals surface area contributed by atoms with E-state index in [4.69, 9.17) is 9.47 Å². The summed E-state index contributed by atoms with van der Waals surface area (Å²) in [5.41, 5.74) is -0.0817. The molecular formula is C36H55NO5. The van der Waals surface area contributed by atoms with Gasteiger partial charge in [-0.2, -0.15) is 5.26 Å². The highest BCUT2D eigenvalue weighted by Gasteiger charge is 2.74. The van der Waals surface area contributed by atoms with Crippen LogP contribution in [0.5, 0.6) is 0 Å². The summed E-state index contributed by atoms with van der Waals surface area (Å²) in [5.74, 6) is 0.290. The first-order chi connectivity index (χ1) is 19.4. The summed E-state index contributed by atoms with van der Waals surface area (Å²) in [5, 5.41) is 19.7. The zero-order chi connectivity index (χ0) is 31.1. The standard InChI is InChI=1S/C36H55NO5/c1-23(2)36-17-16-35(22-42-36)15-14-33(8)24(28(35)36)10-11-26-32(7,18-19-37)25(12-13-34(26,33)9)31(5,6)21-41-27(38)20-30(3,4)29(39)40/h24-26,28H,1,10-18,20-22H2,2-9H3,(H,39,40)/t24?,25?,26?,28?,32-,33+,34+,35?,36?/m0/s1. The van der Waals surface area contributed by atoms with Gasteiger partial charge in [0.15, 0.2) is 0 Å². The van der Waals surface area contributed by atoms with E-state index in [-0.39, 0.29) is 46.2 Å². The average molecular weight is 582 g/mol. The third-order valence-corrected chi connectivity index (χ3v) is 14.4. The molecule has 0 amide bonds. The molecule has 42 heavy (non-hydrogen) atoms. The zero-order valence-corrected chi connectivity index (χ0v) is 27.5. The molecule has 5 aliphatic rings. The van der Waals surface area contributed by atoms with Crippen LogP contribution in [0.25, 0.3) is 0 Å². The third kappa shape index (κ3) is 4.18. The molecule has 6 nitrogen and oxygen atoms in total. The molecule has 0 aromatic rings. The SMILES string of the molecule is C=C(C)C12CCC3(CC[C@]4(C)C(CCC5[C@@](C)(CC#N)C(C(C)(C)COC(=O)CC(C)(C)C(=O)O)CC[C@]54C)C31)CO2. The van der Waals surface area contributed by atoms with Crippen LogP contribution in [0.3, 0.4) is 0 Å². The van der Waals surface area contributed by atoms with Crippen molar-refractivity contribution in [2.24, 2.45) is 56.2 Å². The number of fused-ring (bicyclic) bond motifs is 3. The Morgan fingerprint density at radius 2 is 1.69 bits per heavy atom. The van der Waals surface area contributed by atoms with Crippen LogP contribution in [0.2, 0.25) is 0 Å². The second-order valence-corrected chi connectivity index (χ2v) is 17.3. The van der Waals surface area contributed by atoms with Gasteiger partial charge >= 0.3 is 11.9 Å². The van der Waals surface area contributed by atoms with Gasteiger partial charge in [-0.15, -0.1) is 0 Å². The van der Waals surface area contributed by atoms with E-state index in [1.807, 2.05) is 0 Å². The number of nitriles is 1. The summed E-state index contributed by atoms with van der Waals surface area (Å²) in [4.78, 5) is 24.3. The molecule has 0 aromatic carbocycles. The minimum Gasteiger partial charge on any atom is -0.481 e. The lowest BCUT2D eigenvalue weighted by Crippen LogP contribution is -2.65. The molecule has 1 N–H and O–H groups in total. The first-order valence-corrected chi connectivity index (χ1v) is 16.4. The number of carbonyl (C=O) groups is 2. The number of ether oxygens (including phenoxy) is 2. The topological polar surface area (TPSA) is 96.6 Å².